The van der Waals surface area contributed by atoms with Crippen LogP contribution in [0.4, 0.5) is 5.69 Å². The summed E-state index contributed by atoms with van der Waals surface area (Å²) in [5.41, 5.74) is 3.98. The lowest BCUT2D eigenvalue weighted by molar-refractivity contribution is -0.118. The highest BCUT2D eigenvalue weighted by Gasteiger charge is 2.39. The maximum absolute atomic E-state index is 13.5. The molecule has 0 bridgehead atoms. The second kappa shape index (κ2) is 8.52. The highest BCUT2D eigenvalue weighted by Crippen LogP contribution is 2.33. The van der Waals surface area contributed by atoms with Crippen molar-refractivity contribution in [3.8, 4) is 0 Å². The summed E-state index contributed by atoms with van der Waals surface area (Å²) < 4.78 is 0. The van der Waals surface area contributed by atoms with Crippen molar-refractivity contribution in [3.63, 3.8) is 0 Å². The third-order valence-corrected chi connectivity index (χ3v) is 6.28. The first kappa shape index (κ1) is 20.5. The first-order valence-corrected chi connectivity index (χ1v) is 10.8. The fourth-order valence-corrected chi connectivity index (χ4v) is 4.69. The first-order valence-electron chi connectivity index (χ1n) is 10.8. The number of aliphatic imine (C=N–C) groups is 1. The molecule has 4 rings (SSSR count). The first-order chi connectivity index (χ1) is 14.5. The Kier molecular flexibility index (Phi) is 5.82. The second-order valence-corrected chi connectivity index (χ2v) is 8.27. The second-order valence-electron chi connectivity index (χ2n) is 8.27. The van der Waals surface area contributed by atoms with Crippen molar-refractivity contribution in [1.29, 1.82) is 0 Å². The summed E-state index contributed by atoms with van der Waals surface area (Å²) >= 11 is 0. The van der Waals surface area contributed by atoms with Crippen LogP contribution in [0.5, 0.6) is 0 Å². The summed E-state index contributed by atoms with van der Waals surface area (Å²) in [4.78, 5) is 35.2. The van der Waals surface area contributed by atoms with Crippen LogP contribution in [-0.4, -0.2) is 48.6 Å². The van der Waals surface area contributed by atoms with Crippen molar-refractivity contribution in [3.05, 3.63) is 64.7 Å². The number of carbonyl (C=O) groups excluding carboxylic acids is 2. The smallest absolute Gasteiger partial charge is 0.265 e. The minimum absolute atomic E-state index is 0.229. The number of aryl methyl sites for hydroxylation is 2. The molecule has 0 N–H and O–H groups in total. The fourth-order valence-electron chi connectivity index (χ4n) is 4.69. The maximum Gasteiger partial charge on any atom is 0.265 e. The lowest BCUT2D eigenvalue weighted by atomic mass is 9.88. The predicted molar refractivity (Wildman–Crippen MR) is 121 cm³/mol. The van der Waals surface area contributed by atoms with E-state index in [4.69, 9.17) is 0 Å². The third-order valence-electron chi connectivity index (χ3n) is 6.28. The van der Waals surface area contributed by atoms with Gasteiger partial charge in [0, 0.05) is 17.8 Å². The largest absolute Gasteiger partial charge is 0.299 e. The molecule has 1 saturated heterocycles. The standard InChI is InChI=1S/C25H29N3O2/c1-4-27-13-7-8-19(27)15-26-16-22-20-9-5-6-10-21(20)24(29)28(25(22)30)23-12-11-17(2)14-18(23)3/h5-6,9-12,14,16,19,22H,4,7-8,13,15H2,1-3H3/t19-,22?/m0/s1. The minimum Gasteiger partial charge on any atom is -0.299 e. The lowest BCUT2D eigenvalue weighted by Crippen LogP contribution is -2.46. The van der Waals surface area contributed by atoms with Crippen molar-refractivity contribution in [2.75, 3.05) is 24.5 Å². The molecule has 5 nitrogen and oxygen atoms in total. The summed E-state index contributed by atoms with van der Waals surface area (Å²) in [6, 6.07) is 13.6. The quantitative estimate of drug-likeness (QED) is 0.557. The Morgan fingerprint density at radius 2 is 1.93 bits per heavy atom. The molecule has 2 amide bonds. The Hall–Kier alpha value is -2.79. The van der Waals surface area contributed by atoms with Gasteiger partial charge in [-0.2, -0.15) is 0 Å². The molecular formula is C25H29N3O2. The van der Waals surface area contributed by atoms with E-state index in [1.54, 1.807) is 12.3 Å². The molecule has 0 spiro atoms. The van der Waals surface area contributed by atoms with Crippen LogP contribution >= 0.6 is 0 Å². The zero-order valence-corrected chi connectivity index (χ0v) is 18.0. The molecule has 0 aliphatic carbocycles. The van der Waals surface area contributed by atoms with E-state index in [1.165, 1.54) is 11.3 Å². The number of benzene rings is 2. The topological polar surface area (TPSA) is 53.0 Å². The van der Waals surface area contributed by atoms with Crippen molar-refractivity contribution < 1.29 is 9.59 Å². The number of hydrogen-bond acceptors (Lipinski definition) is 4. The molecule has 5 heteroatoms. The summed E-state index contributed by atoms with van der Waals surface area (Å²) in [6.45, 7) is 8.96. The monoisotopic (exact) mass is 403 g/mol. The molecule has 2 aliphatic rings. The van der Waals surface area contributed by atoms with Crippen LogP contribution in [-0.2, 0) is 4.79 Å². The van der Waals surface area contributed by atoms with E-state index in [9.17, 15) is 9.59 Å². The van der Waals surface area contributed by atoms with Gasteiger partial charge in [-0.15, -0.1) is 0 Å². The van der Waals surface area contributed by atoms with Gasteiger partial charge in [-0.3, -0.25) is 19.5 Å². The molecule has 0 radical (unpaired) electrons. The van der Waals surface area contributed by atoms with Crippen LogP contribution in [0, 0.1) is 13.8 Å². The van der Waals surface area contributed by atoms with Crippen LogP contribution < -0.4 is 4.90 Å². The van der Waals surface area contributed by atoms with Crippen molar-refractivity contribution in [2.45, 2.75) is 45.6 Å². The van der Waals surface area contributed by atoms with Crippen molar-refractivity contribution in [1.82, 2.24) is 4.90 Å². The van der Waals surface area contributed by atoms with E-state index in [0.29, 0.717) is 23.8 Å². The van der Waals surface area contributed by atoms with Gasteiger partial charge >= 0.3 is 0 Å². The molecular weight excluding hydrogens is 374 g/mol. The number of rotatable bonds is 5. The zero-order valence-electron chi connectivity index (χ0n) is 18.0. The molecule has 2 heterocycles. The molecule has 2 atom stereocenters. The van der Waals surface area contributed by atoms with Crippen LogP contribution in [0.15, 0.2) is 47.5 Å². The third kappa shape index (κ3) is 3.70. The van der Waals surface area contributed by atoms with Crippen molar-refractivity contribution >= 4 is 23.7 Å². The van der Waals surface area contributed by atoms with E-state index < -0.39 is 5.92 Å². The van der Waals surface area contributed by atoms with Gasteiger partial charge < -0.3 is 0 Å². The molecule has 30 heavy (non-hydrogen) atoms. The molecule has 1 unspecified atom stereocenters. The molecule has 2 aromatic rings. The molecule has 0 saturated carbocycles. The Balaban J connectivity index is 1.67. The Labute approximate surface area is 178 Å². The van der Waals surface area contributed by atoms with Gasteiger partial charge in [-0.1, -0.05) is 42.8 Å². The SMILES string of the molecule is CCN1CCC[C@H]1CN=CC1C(=O)N(c2ccc(C)cc2C)C(=O)c2ccccc21. The average Bonchev–Trinajstić information content (AvgIpc) is 3.19. The Bertz CT molecular complexity index is 998. The number of carbonyl (C=O) groups is 2. The fraction of sp³-hybridized carbons (Fsp3) is 0.400. The van der Waals surface area contributed by atoms with E-state index in [2.05, 4.69) is 16.8 Å². The summed E-state index contributed by atoms with van der Waals surface area (Å²) in [5, 5.41) is 0. The number of nitrogens with zero attached hydrogens (tertiary/aromatic N) is 3. The number of amides is 2. The normalized spacial score (nSPS) is 22.2. The number of hydrogen-bond donors (Lipinski definition) is 0. The van der Waals surface area contributed by atoms with E-state index in [1.807, 2.05) is 50.2 Å². The molecule has 156 valence electrons. The molecule has 1 fully saturated rings. The van der Waals surface area contributed by atoms with Crippen LogP contribution in [0.25, 0.3) is 0 Å². The van der Waals surface area contributed by atoms with Crippen LogP contribution in [0.2, 0.25) is 0 Å². The summed E-state index contributed by atoms with van der Waals surface area (Å²) in [7, 11) is 0. The molecule has 0 aromatic heterocycles. The highest BCUT2D eigenvalue weighted by atomic mass is 16.2. The number of likely N-dealkylation sites (N-methyl/N-ethyl adjacent to an activating group) is 1. The average molecular weight is 404 g/mol. The molecule has 2 aromatic carbocycles. The summed E-state index contributed by atoms with van der Waals surface area (Å²) in [6.07, 6.45) is 4.11. The van der Waals surface area contributed by atoms with E-state index in [-0.39, 0.29) is 11.8 Å². The van der Waals surface area contributed by atoms with Crippen LogP contribution in [0.3, 0.4) is 0 Å². The highest BCUT2D eigenvalue weighted by molar-refractivity contribution is 6.29. The van der Waals surface area contributed by atoms with Gasteiger partial charge in [0.15, 0.2) is 0 Å². The van der Waals surface area contributed by atoms with E-state index in [0.717, 1.165) is 36.2 Å². The summed E-state index contributed by atoms with van der Waals surface area (Å²) in [5.74, 6) is -1.04. The van der Waals surface area contributed by atoms with E-state index >= 15 is 0 Å². The number of fused-ring (bicyclic) bond motifs is 1. The van der Waals surface area contributed by atoms with Gasteiger partial charge in [0.2, 0.25) is 5.91 Å². The maximum atomic E-state index is 13.5. The van der Waals surface area contributed by atoms with Crippen molar-refractivity contribution in [2.24, 2.45) is 4.99 Å². The predicted octanol–water partition coefficient (Wildman–Crippen LogP) is 4.13. The van der Waals surface area contributed by atoms with Gasteiger partial charge in [-0.25, -0.2) is 4.90 Å². The van der Waals surface area contributed by atoms with Gasteiger partial charge in [0.05, 0.1) is 18.2 Å². The van der Waals surface area contributed by atoms with Gasteiger partial charge in [0.1, 0.15) is 0 Å². The minimum atomic E-state index is -0.545. The zero-order chi connectivity index (χ0) is 21.3. The van der Waals surface area contributed by atoms with Gasteiger partial charge in [-0.05, 0) is 63.0 Å². The number of anilines is 1. The number of imide groups is 1. The van der Waals surface area contributed by atoms with Crippen LogP contribution in [0.1, 0.15) is 52.7 Å². The Morgan fingerprint density at radius 1 is 1.13 bits per heavy atom. The van der Waals surface area contributed by atoms with Gasteiger partial charge in [0.25, 0.3) is 5.91 Å². The lowest BCUT2D eigenvalue weighted by Gasteiger charge is -2.32. The molecule has 2 aliphatic heterocycles. The number of likely N-dealkylation sites (tertiary alicyclic amines) is 1. The Morgan fingerprint density at radius 3 is 2.70 bits per heavy atom.